The lowest BCUT2D eigenvalue weighted by molar-refractivity contribution is 0.467. The van der Waals surface area contributed by atoms with Gasteiger partial charge in [-0.05, 0) is 18.1 Å². The highest BCUT2D eigenvalue weighted by Gasteiger charge is 1.95. The van der Waals surface area contributed by atoms with Gasteiger partial charge in [0, 0.05) is 0 Å². The van der Waals surface area contributed by atoms with Gasteiger partial charge >= 0.3 is 0 Å². The molecule has 0 aliphatic heterocycles. The number of hydrogen-bond acceptors (Lipinski definition) is 1. The van der Waals surface area contributed by atoms with Crippen LogP contribution in [-0.2, 0) is 6.42 Å². The zero-order valence-electron chi connectivity index (χ0n) is 9.59. The second kappa shape index (κ2) is 8.61. The standard InChI is InChI=1S/C9H12O.C4H10/c1-2-5-8-6-3-4-7-9(8)10;1-3-4-2/h3-4,6-7,10H,2,5H2,1H3;3-4H2,1-2H3. The summed E-state index contributed by atoms with van der Waals surface area (Å²) in [6, 6.07) is 7.48. The highest BCUT2D eigenvalue weighted by atomic mass is 16.3. The third-order valence-corrected chi connectivity index (χ3v) is 2.01. The van der Waals surface area contributed by atoms with E-state index in [0.29, 0.717) is 5.75 Å². The second-order valence-electron chi connectivity index (χ2n) is 3.38. The molecule has 0 unspecified atom stereocenters. The van der Waals surface area contributed by atoms with Crippen LogP contribution < -0.4 is 0 Å². The number of benzene rings is 1. The Labute approximate surface area is 87.8 Å². The molecular weight excluding hydrogens is 172 g/mol. The molecule has 0 spiro atoms. The Hall–Kier alpha value is -0.980. The number of phenolic OH excluding ortho intramolecular Hbond substituents is 1. The van der Waals surface area contributed by atoms with E-state index in [1.54, 1.807) is 6.07 Å². The van der Waals surface area contributed by atoms with Crippen LogP contribution in [-0.4, -0.2) is 5.11 Å². The normalized spacial score (nSPS) is 9.07. The monoisotopic (exact) mass is 194 g/mol. The summed E-state index contributed by atoms with van der Waals surface area (Å²) in [6.45, 7) is 6.46. The first-order valence-electron chi connectivity index (χ1n) is 5.53. The molecule has 80 valence electrons. The van der Waals surface area contributed by atoms with E-state index in [9.17, 15) is 5.11 Å². The van der Waals surface area contributed by atoms with Gasteiger partial charge in [0.25, 0.3) is 0 Å². The zero-order chi connectivity index (χ0) is 10.8. The van der Waals surface area contributed by atoms with Crippen LogP contribution in [0.4, 0.5) is 0 Å². The molecule has 0 aromatic heterocycles. The van der Waals surface area contributed by atoms with Gasteiger partial charge in [-0.25, -0.2) is 0 Å². The molecule has 0 aliphatic carbocycles. The number of phenols is 1. The summed E-state index contributed by atoms with van der Waals surface area (Å²) in [6.07, 6.45) is 4.68. The molecule has 1 nitrogen and oxygen atoms in total. The first-order valence-corrected chi connectivity index (χ1v) is 5.53. The van der Waals surface area contributed by atoms with Crippen molar-refractivity contribution in [1.82, 2.24) is 0 Å². The largest absolute Gasteiger partial charge is 0.508 e. The smallest absolute Gasteiger partial charge is 0.118 e. The molecule has 1 rings (SSSR count). The first kappa shape index (κ1) is 13.0. The summed E-state index contributed by atoms with van der Waals surface area (Å²) < 4.78 is 0. The van der Waals surface area contributed by atoms with Crippen molar-refractivity contribution < 1.29 is 5.11 Å². The van der Waals surface area contributed by atoms with E-state index in [2.05, 4.69) is 20.8 Å². The first-order chi connectivity index (χ1) is 6.76. The molecule has 0 amide bonds. The van der Waals surface area contributed by atoms with Gasteiger partial charge < -0.3 is 5.11 Å². The lowest BCUT2D eigenvalue weighted by Crippen LogP contribution is -1.81. The molecule has 0 aliphatic rings. The molecule has 14 heavy (non-hydrogen) atoms. The van der Waals surface area contributed by atoms with Crippen LogP contribution in [0.25, 0.3) is 0 Å². The lowest BCUT2D eigenvalue weighted by Gasteiger charge is -1.99. The van der Waals surface area contributed by atoms with E-state index in [1.165, 1.54) is 12.8 Å². The number of rotatable bonds is 3. The topological polar surface area (TPSA) is 20.2 Å². The zero-order valence-corrected chi connectivity index (χ0v) is 9.59. The van der Waals surface area contributed by atoms with E-state index in [4.69, 9.17) is 0 Å². The van der Waals surface area contributed by atoms with Gasteiger partial charge in [-0.15, -0.1) is 0 Å². The van der Waals surface area contributed by atoms with Gasteiger partial charge in [0.1, 0.15) is 5.75 Å². The van der Waals surface area contributed by atoms with Crippen molar-refractivity contribution in [2.24, 2.45) is 0 Å². The summed E-state index contributed by atoms with van der Waals surface area (Å²) >= 11 is 0. The van der Waals surface area contributed by atoms with E-state index in [0.717, 1.165) is 18.4 Å². The predicted octanol–water partition coefficient (Wildman–Crippen LogP) is 4.15. The molecule has 1 heteroatoms. The Balaban J connectivity index is 0.000000364. The van der Waals surface area contributed by atoms with Crippen LogP contribution >= 0.6 is 0 Å². The van der Waals surface area contributed by atoms with Crippen LogP contribution in [0.1, 0.15) is 45.6 Å². The number of unbranched alkanes of at least 4 members (excludes halogenated alkanes) is 1. The predicted molar refractivity (Wildman–Crippen MR) is 62.7 cm³/mol. The number of aryl methyl sites for hydroxylation is 1. The molecule has 0 saturated heterocycles. The Morgan fingerprint density at radius 2 is 1.50 bits per heavy atom. The van der Waals surface area contributed by atoms with Crippen LogP contribution in [0.2, 0.25) is 0 Å². The molecule has 0 fully saturated rings. The highest BCUT2D eigenvalue weighted by molar-refractivity contribution is 5.31. The van der Waals surface area contributed by atoms with Crippen molar-refractivity contribution in [3.63, 3.8) is 0 Å². The average Bonchev–Trinajstić information content (AvgIpc) is 2.22. The van der Waals surface area contributed by atoms with E-state index < -0.39 is 0 Å². The molecule has 0 bridgehead atoms. The molecule has 1 aromatic rings. The van der Waals surface area contributed by atoms with Gasteiger partial charge in [-0.2, -0.15) is 0 Å². The fourth-order valence-corrected chi connectivity index (χ4v) is 0.992. The maximum absolute atomic E-state index is 9.24. The van der Waals surface area contributed by atoms with Crippen molar-refractivity contribution in [3.05, 3.63) is 29.8 Å². The molecule has 0 heterocycles. The van der Waals surface area contributed by atoms with Gasteiger partial charge in [0.05, 0.1) is 0 Å². The van der Waals surface area contributed by atoms with E-state index in [1.807, 2.05) is 18.2 Å². The van der Waals surface area contributed by atoms with Crippen molar-refractivity contribution in [2.45, 2.75) is 46.5 Å². The average molecular weight is 194 g/mol. The third kappa shape index (κ3) is 5.63. The van der Waals surface area contributed by atoms with Gasteiger partial charge in [-0.3, -0.25) is 0 Å². The number of hydrogen-bond donors (Lipinski definition) is 1. The summed E-state index contributed by atoms with van der Waals surface area (Å²) in [5.41, 5.74) is 1.05. The Morgan fingerprint density at radius 3 is 1.93 bits per heavy atom. The van der Waals surface area contributed by atoms with Crippen molar-refractivity contribution in [2.75, 3.05) is 0 Å². The van der Waals surface area contributed by atoms with Crippen LogP contribution in [0.15, 0.2) is 24.3 Å². The Bertz CT molecular complexity index is 228. The van der Waals surface area contributed by atoms with Crippen molar-refractivity contribution in [3.8, 4) is 5.75 Å². The molecule has 0 radical (unpaired) electrons. The molecule has 0 saturated carbocycles. The summed E-state index contributed by atoms with van der Waals surface area (Å²) in [5, 5.41) is 9.24. The van der Waals surface area contributed by atoms with Gasteiger partial charge in [0.2, 0.25) is 0 Å². The fraction of sp³-hybridized carbons (Fsp3) is 0.538. The second-order valence-corrected chi connectivity index (χ2v) is 3.38. The summed E-state index contributed by atoms with van der Waals surface area (Å²) in [7, 11) is 0. The maximum Gasteiger partial charge on any atom is 0.118 e. The SMILES string of the molecule is CCCC.CCCc1ccccc1O. The quantitative estimate of drug-likeness (QED) is 0.766. The molecule has 0 atom stereocenters. The minimum Gasteiger partial charge on any atom is -0.508 e. The minimum absolute atomic E-state index is 0.421. The van der Waals surface area contributed by atoms with Gasteiger partial charge in [-0.1, -0.05) is 58.2 Å². The lowest BCUT2D eigenvalue weighted by atomic mass is 10.1. The minimum atomic E-state index is 0.421. The Morgan fingerprint density at radius 1 is 0.929 bits per heavy atom. The fourth-order valence-electron chi connectivity index (χ4n) is 0.992. The molecule has 1 aromatic carbocycles. The van der Waals surface area contributed by atoms with E-state index in [-0.39, 0.29) is 0 Å². The number of para-hydroxylation sites is 1. The highest BCUT2D eigenvalue weighted by Crippen LogP contribution is 2.16. The van der Waals surface area contributed by atoms with Crippen LogP contribution in [0.3, 0.4) is 0 Å². The summed E-state index contributed by atoms with van der Waals surface area (Å²) in [5.74, 6) is 0.421. The van der Waals surface area contributed by atoms with Crippen molar-refractivity contribution in [1.29, 1.82) is 0 Å². The van der Waals surface area contributed by atoms with Crippen LogP contribution in [0.5, 0.6) is 5.75 Å². The maximum atomic E-state index is 9.24. The Kier molecular flexibility index (Phi) is 8.01. The van der Waals surface area contributed by atoms with Crippen LogP contribution in [0, 0.1) is 0 Å². The van der Waals surface area contributed by atoms with Gasteiger partial charge in [0.15, 0.2) is 0 Å². The third-order valence-electron chi connectivity index (χ3n) is 2.01. The summed E-state index contributed by atoms with van der Waals surface area (Å²) in [4.78, 5) is 0. The number of aromatic hydroxyl groups is 1. The molecule has 1 N–H and O–H groups in total. The van der Waals surface area contributed by atoms with Crippen molar-refractivity contribution >= 4 is 0 Å². The molecular formula is C13H22O. The van der Waals surface area contributed by atoms with E-state index >= 15 is 0 Å².